The lowest BCUT2D eigenvalue weighted by Crippen LogP contribution is -2.27. The molecule has 0 aromatic heterocycles. The molecule has 2 rings (SSSR count). The van der Waals surface area contributed by atoms with Gasteiger partial charge in [0.25, 0.3) is 11.4 Å². The predicted octanol–water partition coefficient (Wildman–Crippen LogP) is 6.19. The third-order valence-electron chi connectivity index (χ3n) is 5.18. The number of nitrogens with zero attached hydrogens (tertiary/aromatic N) is 2. The second-order valence-electron chi connectivity index (χ2n) is 6.88. The lowest BCUT2D eigenvalue weighted by molar-refractivity contribution is -0.385. The van der Waals surface area contributed by atoms with Crippen LogP contribution in [0.5, 0.6) is 0 Å². The fraction of sp³-hybridized carbons (Fsp3) is 0.400. The summed E-state index contributed by atoms with van der Waals surface area (Å²) in [7, 11) is 0. The molecule has 144 valence electrons. The van der Waals surface area contributed by atoms with Crippen LogP contribution in [-0.2, 0) is 9.49 Å². The Morgan fingerprint density at radius 3 is 1.26 bits per heavy atom. The topological polar surface area (TPSA) is 86.3 Å². The SMILES string of the molecule is CCC(C)(SC(C)(CC)c1ccc([N+](=O)[O-])cc1)c1ccc([N+](=O)[O-])cc1. The summed E-state index contributed by atoms with van der Waals surface area (Å²) in [4.78, 5) is 21.0. The van der Waals surface area contributed by atoms with Crippen LogP contribution < -0.4 is 0 Å². The fourth-order valence-corrected chi connectivity index (χ4v) is 4.83. The second kappa shape index (κ2) is 8.08. The lowest BCUT2D eigenvalue weighted by Gasteiger charge is -2.39. The van der Waals surface area contributed by atoms with Crippen molar-refractivity contribution >= 4 is 23.1 Å². The van der Waals surface area contributed by atoms with E-state index in [2.05, 4.69) is 27.7 Å². The summed E-state index contributed by atoms with van der Waals surface area (Å²) in [5.74, 6) is 0. The lowest BCUT2D eigenvalue weighted by atomic mass is 9.96. The molecule has 2 unspecified atom stereocenters. The minimum atomic E-state index is -0.396. The van der Waals surface area contributed by atoms with E-state index in [1.807, 2.05) is 24.3 Å². The molecule has 0 spiro atoms. The van der Waals surface area contributed by atoms with Crippen LogP contribution in [0.25, 0.3) is 0 Å². The van der Waals surface area contributed by atoms with E-state index in [0.717, 1.165) is 24.0 Å². The highest BCUT2D eigenvalue weighted by atomic mass is 32.2. The Kier molecular flexibility index (Phi) is 6.26. The van der Waals surface area contributed by atoms with Gasteiger partial charge in [-0.2, -0.15) is 0 Å². The predicted molar refractivity (Wildman–Crippen MR) is 109 cm³/mol. The van der Waals surface area contributed by atoms with Gasteiger partial charge in [-0.3, -0.25) is 20.2 Å². The molecule has 2 aromatic carbocycles. The monoisotopic (exact) mass is 388 g/mol. The van der Waals surface area contributed by atoms with Gasteiger partial charge in [0.05, 0.1) is 9.85 Å². The third kappa shape index (κ3) is 4.47. The zero-order valence-electron chi connectivity index (χ0n) is 16.0. The molecule has 0 bridgehead atoms. The van der Waals surface area contributed by atoms with Crippen molar-refractivity contribution in [3.05, 3.63) is 79.9 Å². The van der Waals surface area contributed by atoms with Gasteiger partial charge in [-0.25, -0.2) is 0 Å². The van der Waals surface area contributed by atoms with Crippen molar-refractivity contribution in [2.24, 2.45) is 0 Å². The van der Waals surface area contributed by atoms with E-state index in [1.165, 1.54) is 0 Å². The number of benzene rings is 2. The summed E-state index contributed by atoms with van der Waals surface area (Å²) in [5, 5.41) is 21.8. The Morgan fingerprint density at radius 2 is 1.04 bits per heavy atom. The fourth-order valence-electron chi connectivity index (χ4n) is 3.04. The Morgan fingerprint density at radius 1 is 0.741 bits per heavy atom. The first kappa shape index (κ1) is 20.9. The zero-order valence-corrected chi connectivity index (χ0v) is 16.8. The highest BCUT2D eigenvalue weighted by Gasteiger charge is 2.36. The maximum absolute atomic E-state index is 10.9. The van der Waals surface area contributed by atoms with Gasteiger partial charge in [-0.15, -0.1) is 11.8 Å². The second-order valence-corrected chi connectivity index (χ2v) is 8.89. The number of hydrogen-bond donors (Lipinski definition) is 0. The number of rotatable bonds is 8. The standard InChI is InChI=1S/C20H24N2O4S/c1-5-19(3,15-7-11-17(12-8-15)21(23)24)27-20(4,6-2)16-9-13-18(14-10-16)22(25)26/h7-14H,5-6H2,1-4H3. The quantitative estimate of drug-likeness (QED) is 0.398. The molecule has 0 heterocycles. The molecule has 2 atom stereocenters. The van der Waals surface area contributed by atoms with Crippen LogP contribution in [0.1, 0.15) is 51.7 Å². The Bertz CT molecular complexity index is 753. The Labute approximate surface area is 163 Å². The number of non-ortho nitro benzene ring substituents is 2. The molecule has 0 aliphatic rings. The van der Waals surface area contributed by atoms with Crippen molar-refractivity contribution in [1.82, 2.24) is 0 Å². The van der Waals surface area contributed by atoms with Gasteiger partial charge in [0.1, 0.15) is 0 Å². The van der Waals surface area contributed by atoms with Gasteiger partial charge in [0.15, 0.2) is 0 Å². The van der Waals surface area contributed by atoms with Gasteiger partial charge in [-0.05, 0) is 37.8 Å². The number of thioether (sulfide) groups is 1. The van der Waals surface area contributed by atoms with E-state index >= 15 is 0 Å². The van der Waals surface area contributed by atoms with Crippen LogP contribution in [0.4, 0.5) is 11.4 Å². The molecular weight excluding hydrogens is 364 g/mol. The van der Waals surface area contributed by atoms with Crippen LogP contribution in [0.3, 0.4) is 0 Å². The maximum Gasteiger partial charge on any atom is 0.269 e. The van der Waals surface area contributed by atoms with Crippen LogP contribution >= 0.6 is 11.8 Å². The van der Waals surface area contributed by atoms with E-state index < -0.39 is 9.85 Å². The number of nitro groups is 2. The minimum Gasteiger partial charge on any atom is -0.258 e. The third-order valence-corrected chi connectivity index (χ3v) is 7.13. The van der Waals surface area contributed by atoms with Gasteiger partial charge < -0.3 is 0 Å². The normalized spacial score (nSPS) is 15.6. The first-order valence-corrected chi connectivity index (χ1v) is 9.67. The van der Waals surface area contributed by atoms with Crippen LogP contribution in [0.15, 0.2) is 48.5 Å². The summed E-state index contributed by atoms with van der Waals surface area (Å²) >= 11 is 1.79. The van der Waals surface area contributed by atoms with Crippen molar-refractivity contribution in [2.75, 3.05) is 0 Å². The van der Waals surface area contributed by atoms with E-state index in [9.17, 15) is 20.2 Å². The van der Waals surface area contributed by atoms with Crippen LogP contribution in [0.2, 0.25) is 0 Å². The Balaban J connectivity index is 2.37. The van der Waals surface area contributed by atoms with Crippen molar-refractivity contribution < 1.29 is 9.85 Å². The molecule has 0 fully saturated rings. The first-order chi connectivity index (χ1) is 12.6. The van der Waals surface area contributed by atoms with Crippen molar-refractivity contribution in [3.8, 4) is 0 Å². The van der Waals surface area contributed by atoms with Gasteiger partial charge in [0, 0.05) is 33.8 Å². The molecule has 0 saturated heterocycles. The molecule has 0 saturated carbocycles. The largest absolute Gasteiger partial charge is 0.269 e. The molecule has 2 aromatic rings. The molecule has 0 N–H and O–H groups in total. The van der Waals surface area contributed by atoms with E-state index in [4.69, 9.17) is 0 Å². The van der Waals surface area contributed by atoms with Crippen molar-refractivity contribution in [2.45, 2.75) is 50.0 Å². The molecule has 7 heteroatoms. The smallest absolute Gasteiger partial charge is 0.258 e. The molecular formula is C20H24N2O4S. The van der Waals surface area contributed by atoms with E-state index in [-0.39, 0.29) is 20.9 Å². The van der Waals surface area contributed by atoms with Crippen LogP contribution in [-0.4, -0.2) is 9.85 Å². The van der Waals surface area contributed by atoms with Gasteiger partial charge >= 0.3 is 0 Å². The van der Waals surface area contributed by atoms with Crippen molar-refractivity contribution in [3.63, 3.8) is 0 Å². The molecule has 0 aliphatic heterocycles. The molecule has 0 radical (unpaired) electrons. The zero-order chi connectivity index (χ0) is 20.2. The van der Waals surface area contributed by atoms with E-state index in [1.54, 1.807) is 36.0 Å². The van der Waals surface area contributed by atoms with Gasteiger partial charge in [0.2, 0.25) is 0 Å². The summed E-state index contributed by atoms with van der Waals surface area (Å²) in [6.45, 7) is 8.47. The summed E-state index contributed by atoms with van der Waals surface area (Å²) in [6.07, 6.45) is 1.69. The summed E-state index contributed by atoms with van der Waals surface area (Å²) in [6, 6.07) is 13.4. The molecule has 6 nitrogen and oxygen atoms in total. The molecule has 0 aliphatic carbocycles. The number of nitro benzene ring substituents is 2. The van der Waals surface area contributed by atoms with Crippen LogP contribution in [0, 0.1) is 20.2 Å². The maximum atomic E-state index is 10.9. The summed E-state index contributed by atoms with van der Waals surface area (Å²) < 4.78 is -0.497. The van der Waals surface area contributed by atoms with Crippen molar-refractivity contribution in [1.29, 1.82) is 0 Å². The average Bonchev–Trinajstić information content (AvgIpc) is 2.67. The highest BCUT2D eigenvalue weighted by Crippen LogP contribution is 2.52. The molecule has 27 heavy (non-hydrogen) atoms. The Hall–Kier alpha value is -2.41. The first-order valence-electron chi connectivity index (χ1n) is 8.85. The van der Waals surface area contributed by atoms with Gasteiger partial charge in [-0.1, -0.05) is 38.1 Å². The summed E-state index contributed by atoms with van der Waals surface area (Å²) in [5.41, 5.74) is 2.22. The molecule has 0 amide bonds. The number of hydrogen-bond acceptors (Lipinski definition) is 5. The van der Waals surface area contributed by atoms with E-state index in [0.29, 0.717) is 0 Å². The minimum absolute atomic E-state index is 0.0795. The average molecular weight is 388 g/mol. The highest BCUT2D eigenvalue weighted by molar-refractivity contribution is 8.01.